The number of nitro groups is 1. The first-order valence-corrected chi connectivity index (χ1v) is 12.3. The molecule has 1 aromatic heterocycles. The van der Waals surface area contributed by atoms with E-state index in [1.165, 1.54) is 12.1 Å². The van der Waals surface area contributed by atoms with Crippen LogP contribution in [0.1, 0.15) is 42.3 Å². The number of aromatic amines is 1. The van der Waals surface area contributed by atoms with E-state index >= 15 is 4.39 Å². The summed E-state index contributed by atoms with van der Waals surface area (Å²) in [7, 11) is 1.15. The van der Waals surface area contributed by atoms with Gasteiger partial charge in [0.15, 0.2) is 0 Å². The predicted octanol–water partition coefficient (Wildman–Crippen LogP) is 4.71. The number of hydrogen-bond acceptors (Lipinski definition) is 8. The second-order valence-corrected chi connectivity index (χ2v) is 9.02. The summed E-state index contributed by atoms with van der Waals surface area (Å²) in [5, 5.41) is 14.3. The van der Waals surface area contributed by atoms with E-state index in [2.05, 4.69) is 15.3 Å². The fourth-order valence-corrected chi connectivity index (χ4v) is 4.58. The molecule has 206 valence electrons. The van der Waals surface area contributed by atoms with Crippen LogP contribution in [0.3, 0.4) is 0 Å². The average molecular weight is 547 g/mol. The van der Waals surface area contributed by atoms with Gasteiger partial charge in [0.1, 0.15) is 12.4 Å². The van der Waals surface area contributed by atoms with Gasteiger partial charge in [0.2, 0.25) is 5.82 Å². The van der Waals surface area contributed by atoms with Crippen molar-refractivity contribution in [3.63, 3.8) is 0 Å². The Labute approximate surface area is 229 Å². The number of rotatable bonds is 9. The minimum atomic E-state index is -1.29. The molecule has 1 aliphatic rings. The number of nitrogens with one attached hydrogen (secondary N) is 2. The number of hydrogen-bond donors (Lipinski definition) is 2. The van der Waals surface area contributed by atoms with Crippen molar-refractivity contribution in [2.75, 3.05) is 13.7 Å². The van der Waals surface area contributed by atoms with E-state index in [0.717, 1.165) is 30.1 Å². The number of carbonyl (C=O) groups excluding carboxylic acids is 2. The number of esters is 2. The maximum Gasteiger partial charge on any atom is 0.337 e. The van der Waals surface area contributed by atoms with E-state index in [1.54, 1.807) is 38.4 Å². The van der Waals surface area contributed by atoms with E-state index in [1.807, 2.05) is 24.3 Å². The molecular weight excluding hydrogens is 519 g/mol. The molecule has 0 fully saturated rings. The zero-order chi connectivity index (χ0) is 28.8. The van der Waals surface area contributed by atoms with Gasteiger partial charge < -0.3 is 19.8 Å². The largest absolute Gasteiger partial charge is 0.466 e. The molecule has 1 atom stereocenters. The minimum Gasteiger partial charge on any atom is -0.466 e. The number of nitrogens with zero attached hydrogens (tertiary/aromatic N) is 2. The van der Waals surface area contributed by atoms with E-state index in [9.17, 15) is 19.7 Å². The van der Waals surface area contributed by atoms with E-state index in [-0.39, 0.29) is 23.3 Å². The number of allylic oxidation sites excluding steroid dienone is 2. The third kappa shape index (κ3) is 5.98. The van der Waals surface area contributed by atoms with Crippen LogP contribution < -0.4 is 5.32 Å². The van der Waals surface area contributed by atoms with Crippen molar-refractivity contribution < 1.29 is 28.4 Å². The Morgan fingerprint density at radius 3 is 2.42 bits per heavy atom. The number of methoxy groups -OCH3 is 1. The standard InChI is InChI=1S/C29H27FN4O6/c1-17-24(28(35)39-3)26(21-7-4-8-22(27(21)30)34(37)38)25(18(2)33-17)29(36)40-15-5-6-19-9-11-20(12-10-19)16-23-31-13-14-32-23/h4-14,26,33H,15-16H2,1-3H3,(H,31,32). The number of aromatic nitrogens is 2. The minimum absolute atomic E-state index is 0.0513. The van der Waals surface area contributed by atoms with Crippen molar-refractivity contribution >= 4 is 23.7 Å². The Hall–Kier alpha value is -5.06. The zero-order valence-corrected chi connectivity index (χ0v) is 22.1. The highest BCUT2D eigenvalue weighted by Crippen LogP contribution is 2.41. The number of benzene rings is 2. The lowest BCUT2D eigenvalue weighted by molar-refractivity contribution is -0.387. The van der Waals surface area contributed by atoms with Gasteiger partial charge in [0.05, 0.1) is 29.1 Å². The van der Waals surface area contributed by atoms with Gasteiger partial charge in [-0.15, -0.1) is 0 Å². The molecule has 0 aliphatic carbocycles. The van der Waals surface area contributed by atoms with Gasteiger partial charge in [0.25, 0.3) is 0 Å². The van der Waals surface area contributed by atoms with Gasteiger partial charge in [-0.1, -0.05) is 42.5 Å². The summed E-state index contributed by atoms with van der Waals surface area (Å²) in [6, 6.07) is 11.4. The van der Waals surface area contributed by atoms with Gasteiger partial charge in [-0.3, -0.25) is 10.1 Å². The van der Waals surface area contributed by atoms with Crippen molar-refractivity contribution in [1.82, 2.24) is 15.3 Å². The molecular formula is C29H27FN4O6. The average Bonchev–Trinajstić information content (AvgIpc) is 3.44. The highest BCUT2D eigenvalue weighted by molar-refractivity contribution is 6.00. The molecule has 40 heavy (non-hydrogen) atoms. The predicted molar refractivity (Wildman–Crippen MR) is 144 cm³/mol. The molecule has 0 saturated heterocycles. The van der Waals surface area contributed by atoms with Crippen molar-refractivity contribution in [2.24, 2.45) is 0 Å². The number of nitro benzene ring substituents is 1. The summed E-state index contributed by atoms with van der Waals surface area (Å²) in [6.45, 7) is 3.05. The maximum absolute atomic E-state index is 15.3. The molecule has 1 unspecified atom stereocenters. The van der Waals surface area contributed by atoms with Gasteiger partial charge in [-0.25, -0.2) is 14.6 Å². The number of carbonyl (C=O) groups is 2. The lowest BCUT2D eigenvalue weighted by Gasteiger charge is -2.30. The number of dihydropyridines is 1. The molecule has 1 aliphatic heterocycles. The van der Waals surface area contributed by atoms with Crippen LogP contribution in [0.25, 0.3) is 6.08 Å². The summed E-state index contributed by atoms with van der Waals surface area (Å²) in [4.78, 5) is 43.8. The van der Waals surface area contributed by atoms with Crippen molar-refractivity contribution in [2.45, 2.75) is 26.2 Å². The Bertz CT molecular complexity index is 1520. The molecule has 0 amide bonds. The fourth-order valence-electron chi connectivity index (χ4n) is 4.58. The Kier molecular flexibility index (Phi) is 8.53. The molecule has 3 aromatic rings. The molecule has 11 heteroatoms. The fraction of sp³-hybridized carbons (Fsp3) is 0.207. The SMILES string of the molecule is COC(=O)C1=C(C)NC(C)=C(C(=O)OCC=Cc2ccc(Cc3ncc[nH]3)cc2)C1c1cccc([N+](=O)[O-])c1F. The molecule has 2 N–H and O–H groups in total. The first kappa shape index (κ1) is 28.0. The number of imidazole rings is 1. The van der Waals surface area contributed by atoms with Crippen LogP contribution >= 0.6 is 0 Å². The first-order valence-electron chi connectivity index (χ1n) is 12.3. The first-order chi connectivity index (χ1) is 19.2. The summed E-state index contributed by atoms with van der Waals surface area (Å²) in [5.41, 5.74) is 1.51. The third-order valence-corrected chi connectivity index (χ3v) is 6.43. The van der Waals surface area contributed by atoms with E-state index < -0.39 is 34.3 Å². The smallest absolute Gasteiger partial charge is 0.337 e. The number of halogens is 1. The Morgan fingerprint density at radius 1 is 1.10 bits per heavy atom. The van der Waals surface area contributed by atoms with E-state index in [4.69, 9.17) is 9.47 Å². The molecule has 0 radical (unpaired) electrons. The summed E-state index contributed by atoms with van der Waals surface area (Å²) >= 11 is 0. The molecule has 10 nitrogen and oxygen atoms in total. The molecule has 0 bridgehead atoms. The highest BCUT2D eigenvalue weighted by Gasteiger charge is 2.40. The van der Waals surface area contributed by atoms with Gasteiger partial charge in [-0.05, 0) is 31.1 Å². The molecule has 4 rings (SSSR count). The van der Waals surface area contributed by atoms with Gasteiger partial charge in [0, 0.05) is 41.8 Å². The molecule has 0 spiro atoms. The molecule has 2 aromatic carbocycles. The van der Waals surface area contributed by atoms with Gasteiger partial charge >= 0.3 is 17.6 Å². The van der Waals surface area contributed by atoms with Crippen molar-refractivity contribution in [3.05, 3.63) is 122 Å². The zero-order valence-electron chi connectivity index (χ0n) is 22.1. The van der Waals surface area contributed by atoms with Crippen molar-refractivity contribution in [3.8, 4) is 0 Å². The van der Waals surface area contributed by atoms with Crippen LogP contribution in [0.5, 0.6) is 0 Å². The second kappa shape index (κ2) is 12.2. The summed E-state index contributed by atoms with van der Waals surface area (Å²) < 4.78 is 25.7. The quantitative estimate of drug-likeness (QED) is 0.224. The van der Waals surface area contributed by atoms with Crippen LogP contribution in [0, 0.1) is 15.9 Å². The summed E-state index contributed by atoms with van der Waals surface area (Å²) in [5.74, 6) is -3.20. The second-order valence-electron chi connectivity index (χ2n) is 9.02. The normalized spacial score (nSPS) is 15.2. The van der Waals surface area contributed by atoms with Crippen LogP contribution in [0.2, 0.25) is 0 Å². The number of H-pyrrole nitrogens is 1. The third-order valence-electron chi connectivity index (χ3n) is 6.43. The van der Waals surface area contributed by atoms with E-state index in [0.29, 0.717) is 17.8 Å². The highest BCUT2D eigenvalue weighted by atomic mass is 19.1. The molecule has 2 heterocycles. The molecule has 0 saturated carbocycles. The lowest BCUT2D eigenvalue weighted by atomic mass is 9.80. The Morgan fingerprint density at radius 2 is 1.80 bits per heavy atom. The maximum atomic E-state index is 15.3. The number of ether oxygens (including phenoxy) is 2. The van der Waals surface area contributed by atoms with Crippen molar-refractivity contribution in [1.29, 1.82) is 0 Å². The van der Waals surface area contributed by atoms with Crippen LogP contribution in [-0.4, -0.2) is 40.5 Å². The van der Waals surface area contributed by atoms with Gasteiger partial charge in [-0.2, -0.15) is 4.39 Å². The van der Waals surface area contributed by atoms with Crippen LogP contribution in [0.15, 0.2) is 83.5 Å². The van der Waals surface area contributed by atoms with Crippen LogP contribution in [-0.2, 0) is 25.5 Å². The lowest BCUT2D eigenvalue weighted by Crippen LogP contribution is -2.32. The van der Waals surface area contributed by atoms with Crippen LogP contribution in [0.4, 0.5) is 10.1 Å². The Balaban J connectivity index is 1.54. The monoisotopic (exact) mass is 546 g/mol. The summed E-state index contributed by atoms with van der Waals surface area (Å²) in [6.07, 6.45) is 7.57. The topological polar surface area (TPSA) is 136 Å².